The van der Waals surface area contributed by atoms with E-state index >= 15 is 0 Å². The molecule has 23 heavy (non-hydrogen) atoms. The molecular weight excluding hydrogens is 306 g/mol. The first kappa shape index (κ1) is 16.1. The third-order valence-corrected chi connectivity index (χ3v) is 5.44. The lowest BCUT2D eigenvalue weighted by Gasteiger charge is -2.18. The quantitative estimate of drug-likeness (QED) is 0.823. The van der Waals surface area contributed by atoms with E-state index in [9.17, 15) is 4.79 Å². The zero-order valence-electron chi connectivity index (χ0n) is 13.7. The summed E-state index contributed by atoms with van der Waals surface area (Å²) in [6, 6.07) is 7.39. The maximum Gasteiger partial charge on any atom is 0.196 e. The molecule has 0 bridgehead atoms. The Morgan fingerprint density at radius 2 is 2.09 bits per heavy atom. The summed E-state index contributed by atoms with van der Waals surface area (Å²) in [6.07, 6.45) is 4.11. The average molecular weight is 329 g/mol. The number of carbonyl (C=O) groups excluding carboxylic acids is 1. The van der Waals surface area contributed by atoms with Gasteiger partial charge in [-0.3, -0.25) is 4.79 Å². The molecule has 2 N–H and O–H groups in total. The van der Waals surface area contributed by atoms with Crippen LogP contribution in [0, 0.1) is 5.92 Å². The minimum Gasteiger partial charge on any atom is -0.494 e. The van der Waals surface area contributed by atoms with Crippen LogP contribution in [0.4, 0.5) is 5.00 Å². The second kappa shape index (κ2) is 6.75. The molecule has 0 saturated carbocycles. The second-order valence-electron chi connectivity index (χ2n) is 6.29. The zero-order chi connectivity index (χ0) is 16.4. The van der Waals surface area contributed by atoms with Crippen molar-refractivity contribution in [3.63, 3.8) is 0 Å². The number of benzene rings is 1. The van der Waals surface area contributed by atoms with Crippen LogP contribution in [-0.4, -0.2) is 12.4 Å². The minimum absolute atomic E-state index is 0.0385. The van der Waals surface area contributed by atoms with Crippen molar-refractivity contribution < 1.29 is 9.53 Å². The largest absolute Gasteiger partial charge is 0.494 e. The van der Waals surface area contributed by atoms with E-state index in [1.54, 1.807) is 11.3 Å². The van der Waals surface area contributed by atoms with Crippen LogP contribution in [0.15, 0.2) is 24.3 Å². The summed E-state index contributed by atoms with van der Waals surface area (Å²) in [6.45, 7) is 5.02. The topological polar surface area (TPSA) is 52.3 Å². The lowest BCUT2D eigenvalue weighted by atomic mass is 9.86. The van der Waals surface area contributed by atoms with Crippen LogP contribution in [0.5, 0.6) is 5.75 Å². The number of fused-ring (bicyclic) bond motifs is 1. The van der Waals surface area contributed by atoms with Gasteiger partial charge in [-0.25, -0.2) is 0 Å². The van der Waals surface area contributed by atoms with Gasteiger partial charge in [0.15, 0.2) is 5.78 Å². The number of nitrogens with two attached hydrogens (primary N) is 1. The predicted octanol–water partition coefficient (Wildman–Crippen LogP) is 4.47. The summed E-state index contributed by atoms with van der Waals surface area (Å²) in [5.74, 6) is 1.52. The van der Waals surface area contributed by atoms with Crippen LogP contribution in [0.1, 0.15) is 53.1 Å². The summed E-state index contributed by atoms with van der Waals surface area (Å²) in [5.41, 5.74) is 8.77. The standard InChI is InChI=1S/C19H23NO2S/c1-3-10-22-14-7-5-13(6-8-14)18(21)17-15-9-4-12(2)11-16(15)23-19(17)20/h5-8,12H,3-4,9-11,20H2,1-2H3. The maximum atomic E-state index is 12.9. The molecule has 4 heteroatoms. The van der Waals surface area contributed by atoms with Crippen molar-refractivity contribution in [2.24, 2.45) is 5.92 Å². The normalized spacial score (nSPS) is 16.9. The van der Waals surface area contributed by atoms with E-state index in [4.69, 9.17) is 10.5 Å². The first-order chi connectivity index (χ1) is 11.1. The van der Waals surface area contributed by atoms with E-state index in [2.05, 4.69) is 13.8 Å². The van der Waals surface area contributed by atoms with E-state index in [0.717, 1.165) is 37.0 Å². The van der Waals surface area contributed by atoms with E-state index in [-0.39, 0.29) is 5.78 Å². The Bertz CT molecular complexity index is 703. The Morgan fingerprint density at radius 1 is 1.35 bits per heavy atom. The highest BCUT2D eigenvalue weighted by molar-refractivity contribution is 7.16. The Labute approximate surface area is 141 Å². The molecule has 1 aromatic heterocycles. The predicted molar refractivity (Wildman–Crippen MR) is 95.6 cm³/mol. The number of hydrogen-bond acceptors (Lipinski definition) is 4. The number of hydrogen-bond donors (Lipinski definition) is 1. The first-order valence-electron chi connectivity index (χ1n) is 8.27. The summed E-state index contributed by atoms with van der Waals surface area (Å²) in [5, 5.41) is 0.667. The van der Waals surface area contributed by atoms with Crippen molar-refractivity contribution in [2.75, 3.05) is 12.3 Å². The van der Waals surface area contributed by atoms with Crippen molar-refractivity contribution in [1.29, 1.82) is 0 Å². The number of thiophene rings is 1. The summed E-state index contributed by atoms with van der Waals surface area (Å²) in [4.78, 5) is 14.2. The van der Waals surface area contributed by atoms with E-state index in [1.165, 1.54) is 10.4 Å². The van der Waals surface area contributed by atoms with Crippen LogP contribution in [0.2, 0.25) is 0 Å². The molecule has 122 valence electrons. The molecule has 0 fully saturated rings. The number of ketones is 1. The van der Waals surface area contributed by atoms with Crippen LogP contribution >= 0.6 is 11.3 Å². The Hall–Kier alpha value is -1.81. The van der Waals surface area contributed by atoms with Gasteiger partial charge in [0, 0.05) is 10.4 Å². The smallest absolute Gasteiger partial charge is 0.196 e. The molecule has 3 nitrogen and oxygen atoms in total. The third kappa shape index (κ3) is 3.27. The van der Waals surface area contributed by atoms with Gasteiger partial charge in [0.25, 0.3) is 0 Å². The fourth-order valence-electron chi connectivity index (χ4n) is 3.09. The van der Waals surface area contributed by atoms with Gasteiger partial charge >= 0.3 is 0 Å². The van der Waals surface area contributed by atoms with E-state index < -0.39 is 0 Å². The SMILES string of the molecule is CCCOc1ccc(C(=O)c2c(N)sc3c2CCC(C)C3)cc1. The van der Waals surface area contributed by atoms with Crippen molar-refractivity contribution in [3.8, 4) is 5.75 Å². The van der Waals surface area contributed by atoms with E-state index in [1.807, 2.05) is 24.3 Å². The second-order valence-corrected chi connectivity index (χ2v) is 7.43. The van der Waals surface area contributed by atoms with Gasteiger partial charge in [-0.05, 0) is 61.4 Å². The van der Waals surface area contributed by atoms with Gasteiger partial charge in [-0.2, -0.15) is 0 Å². The lowest BCUT2D eigenvalue weighted by molar-refractivity contribution is 0.103. The first-order valence-corrected chi connectivity index (χ1v) is 9.09. The van der Waals surface area contributed by atoms with Crippen LogP contribution in [0.25, 0.3) is 0 Å². The Balaban J connectivity index is 1.86. The molecule has 0 spiro atoms. The fourth-order valence-corrected chi connectivity index (χ4v) is 4.37. The Kier molecular flexibility index (Phi) is 4.71. The van der Waals surface area contributed by atoms with Gasteiger partial charge < -0.3 is 10.5 Å². The number of carbonyl (C=O) groups is 1. The van der Waals surface area contributed by atoms with Crippen LogP contribution < -0.4 is 10.5 Å². The number of ether oxygens (including phenoxy) is 1. The van der Waals surface area contributed by atoms with Crippen LogP contribution in [-0.2, 0) is 12.8 Å². The highest BCUT2D eigenvalue weighted by atomic mass is 32.1. The molecule has 1 heterocycles. The molecule has 1 atom stereocenters. The van der Waals surface area contributed by atoms with Crippen molar-refractivity contribution in [2.45, 2.75) is 39.5 Å². The molecule has 0 aliphatic heterocycles. The van der Waals surface area contributed by atoms with Gasteiger partial charge in [0.2, 0.25) is 0 Å². The highest BCUT2D eigenvalue weighted by Crippen LogP contribution is 2.39. The number of nitrogen functional groups attached to an aromatic ring is 1. The molecule has 3 rings (SSSR count). The van der Waals surface area contributed by atoms with Gasteiger partial charge in [-0.15, -0.1) is 11.3 Å². The minimum atomic E-state index is 0.0385. The molecule has 1 aliphatic carbocycles. The summed E-state index contributed by atoms with van der Waals surface area (Å²) in [7, 11) is 0. The van der Waals surface area contributed by atoms with Crippen molar-refractivity contribution >= 4 is 22.1 Å². The van der Waals surface area contributed by atoms with Crippen LogP contribution in [0.3, 0.4) is 0 Å². The molecule has 1 aromatic carbocycles. The number of anilines is 1. The fraction of sp³-hybridized carbons (Fsp3) is 0.421. The molecule has 0 radical (unpaired) electrons. The van der Waals surface area contributed by atoms with Gasteiger partial charge in [0.1, 0.15) is 5.75 Å². The Morgan fingerprint density at radius 3 is 2.78 bits per heavy atom. The van der Waals surface area contributed by atoms with E-state index in [0.29, 0.717) is 23.1 Å². The molecule has 0 amide bonds. The van der Waals surface area contributed by atoms with Gasteiger partial charge in [-0.1, -0.05) is 13.8 Å². The van der Waals surface area contributed by atoms with Crippen molar-refractivity contribution in [1.82, 2.24) is 0 Å². The molecular formula is C19H23NO2S. The summed E-state index contributed by atoms with van der Waals surface area (Å²) < 4.78 is 5.57. The molecule has 1 unspecified atom stereocenters. The van der Waals surface area contributed by atoms with Gasteiger partial charge in [0.05, 0.1) is 17.2 Å². The lowest BCUT2D eigenvalue weighted by Crippen LogP contribution is -2.13. The maximum absolute atomic E-state index is 12.9. The zero-order valence-corrected chi connectivity index (χ0v) is 14.5. The summed E-state index contributed by atoms with van der Waals surface area (Å²) >= 11 is 1.59. The van der Waals surface area contributed by atoms with Crippen molar-refractivity contribution in [3.05, 3.63) is 45.8 Å². The average Bonchev–Trinajstić information content (AvgIpc) is 2.87. The monoisotopic (exact) mass is 329 g/mol. The third-order valence-electron chi connectivity index (χ3n) is 4.36. The molecule has 0 saturated heterocycles. The molecule has 1 aliphatic rings. The molecule has 2 aromatic rings. The highest BCUT2D eigenvalue weighted by Gasteiger charge is 2.26. The number of rotatable bonds is 5.